The predicted molar refractivity (Wildman–Crippen MR) is 89.4 cm³/mol. The van der Waals surface area contributed by atoms with Crippen LogP contribution in [-0.2, 0) is 16.1 Å². The number of likely N-dealkylation sites (tertiary alicyclic amines) is 1. The number of rotatable bonds is 6. The van der Waals surface area contributed by atoms with Crippen molar-refractivity contribution in [2.45, 2.75) is 38.9 Å². The highest BCUT2D eigenvalue weighted by Gasteiger charge is 2.29. The molecule has 0 aromatic heterocycles. The largest absolute Gasteiger partial charge is 0.484 e. The number of hydrogen-bond donors (Lipinski definition) is 1. The summed E-state index contributed by atoms with van der Waals surface area (Å²) in [6.07, 6.45) is -2.48. The van der Waals surface area contributed by atoms with Crippen LogP contribution in [0.3, 0.4) is 0 Å². The van der Waals surface area contributed by atoms with Crippen LogP contribution in [0, 0.1) is 5.92 Å². The van der Waals surface area contributed by atoms with Crippen LogP contribution in [0.2, 0.25) is 0 Å². The summed E-state index contributed by atoms with van der Waals surface area (Å²) in [6.45, 7) is 1.72. The summed E-state index contributed by atoms with van der Waals surface area (Å²) in [6, 6.07) is 6.19. The lowest BCUT2D eigenvalue weighted by atomic mass is 9.96. The van der Waals surface area contributed by atoms with Crippen LogP contribution in [-0.4, -0.2) is 42.6 Å². The van der Waals surface area contributed by atoms with E-state index in [1.165, 1.54) is 12.1 Å². The Morgan fingerprint density at radius 1 is 1.35 bits per heavy atom. The van der Waals surface area contributed by atoms with E-state index in [9.17, 15) is 22.8 Å². The van der Waals surface area contributed by atoms with Crippen molar-refractivity contribution in [2.24, 2.45) is 5.92 Å². The Labute approximate surface area is 150 Å². The van der Waals surface area contributed by atoms with E-state index < -0.39 is 12.8 Å². The molecule has 0 radical (unpaired) electrons. The van der Waals surface area contributed by atoms with Crippen LogP contribution < -0.4 is 10.1 Å². The number of benzene rings is 1. The summed E-state index contributed by atoms with van der Waals surface area (Å²) in [4.78, 5) is 25.8. The standard InChI is InChI=1S/C18H23F3N2O3/c1-2-16(24)23-8-4-6-14(11-23)17(25)22-10-13-5-3-7-15(9-13)26-12-18(19,20)21/h3,5,7,9,14H,2,4,6,8,10-12H2,1H3,(H,22,25). The van der Waals surface area contributed by atoms with Gasteiger partial charge in [-0.05, 0) is 30.5 Å². The highest BCUT2D eigenvalue weighted by atomic mass is 19.4. The van der Waals surface area contributed by atoms with Crippen molar-refractivity contribution in [2.75, 3.05) is 19.7 Å². The monoisotopic (exact) mass is 372 g/mol. The molecule has 26 heavy (non-hydrogen) atoms. The second-order valence-corrected chi connectivity index (χ2v) is 6.30. The summed E-state index contributed by atoms with van der Waals surface area (Å²) in [5.41, 5.74) is 0.648. The average molecular weight is 372 g/mol. The SMILES string of the molecule is CCC(=O)N1CCCC(C(=O)NCc2cccc(OCC(F)(F)F)c2)C1. The molecule has 0 spiro atoms. The number of piperidine rings is 1. The zero-order valence-electron chi connectivity index (χ0n) is 14.6. The van der Waals surface area contributed by atoms with Gasteiger partial charge in [-0.15, -0.1) is 0 Å². The van der Waals surface area contributed by atoms with Crippen molar-refractivity contribution in [1.29, 1.82) is 0 Å². The van der Waals surface area contributed by atoms with Crippen molar-refractivity contribution in [3.05, 3.63) is 29.8 Å². The highest BCUT2D eigenvalue weighted by molar-refractivity contribution is 5.81. The summed E-state index contributed by atoms with van der Waals surface area (Å²) in [5.74, 6) is -0.271. The first-order valence-corrected chi connectivity index (χ1v) is 8.62. The predicted octanol–water partition coefficient (Wildman–Crippen LogP) is 2.89. The van der Waals surface area contributed by atoms with Crippen LogP contribution in [0.25, 0.3) is 0 Å². The van der Waals surface area contributed by atoms with E-state index in [0.717, 1.165) is 6.42 Å². The van der Waals surface area contributed by atoms with Crippen molar-refractivity contribution in [3.63, 3.8) is 0 Å². The maximum absolute atomic E-state index is 12.3. The summed E-state index contributed by atoms with van der Waals surface area (Å²) in [5, 5.41) is 2.79. The molecule has 1 aliphatic heterocycles. The number of nitrogens with one attached hydrogen (secondary N) is 1. The number of carbonyl (C=O) groups is 2. The summed E-state index contributed by atoms with van der Waals surface area (Å²) >= 11 is 0. The molecule has 1 atom stereocenters. The maximum atomic E-state index is 12.3. The Balaban J connectivity index is 1.86. The van der Waals surface area contributed by atoms with Crippen molar-refractivity contribution in [3.8, 4) is 5.75 Å². The van der Waals surface area contributed by atoms with Crippen LogP contribution >= 0.6 is 0 Å². The molecule has 1 N–H and O–H groups in total. The molecule has 1 saturated heterocycles. The normalized spacial score (nSPS) is 17.7. The molecule has 0 bridgehead atoms. The number of amides is 2. The molecule has 0 saturated carbocycles. The molecule has 2 amide bonds. The van der Waals surface area contributed by atoms with Gasteiger partial charge in [-0.3, -0.25) is 9.59 Å². The van der Waals surface area contributed by atoms with Crippen LogP contribution in [0.5, 0.6) is 5.75 Å². The third kappa shape index (κ3) is 6.24. The minimum absolute atomic E-state index is 0.0389. The third-order valence-electron chi connectivity index (χ3n) is 4.22. The lowest BCUT2D eigenvalue weighted by Gasteiger charge is -2.31. The second kappa shape index (κ2) is 8.91. The molecule has 1 aliphatic rings. The van der Waals surface area contributed by atoms with Gasteiger partial charge in [-0.2, -0.15) is 13.2 Å². The number of halogens is 3. The van der Waals surface area contributed by atoms with Crippen LogP contribution in [0.4, 0.5) is 13.2 Å². The van der Waals surface area contributed by atoms with Crippen LogP contribution in [0.15, 0.2) is 24.3 Å². The third-order valence-corrected chi connectivity index (χ3v) is 4.22. The first-order chi connectivity index (χ1) is 12.3. The van der Waals surface area contributed by atoms with Crippen LogP contribution in [0.1, 0.15) is 31.7 Å². The first kappa shape index (κ1) is 20.1. The topological polar surface area (TPSA) is 58.6 Å². The number of carbonyl (C=O) groups excluding carboxylic acids is 2. The van der Waals surface area contributed by atoms with Gasteiger partial charge < -0.3 is 15.0 Å². The Hall–Kier alpha value is -2.25. The van der Waals surface area contributed by atoms with Crippen molar-refractivity contribution >= 4 is 11.8 Å². The zero-order chi connectivity index (χ0) is 19.2. The minimum Gasteiger partial charge on any atom is -0.484 e. The lowest BCUT2D eigenvalue weighted by Crippen LogP contribution is -2.45. The van der Waals surface area contributed by atoms with Gasteiger partial charge in [0.05, 0.1) is 5.92 Å². The lowest BCUT2D eigenvalue weighted by molar-refractivity contribution is -0.153. The Morgan fingerprint density at radius 2 is 2.12 bits per heavy atom. The Bertz CT molecular complexity index is 634. The first-order valence-electron chi connectivity index (χ1n) is 8.62. The second-order valence-electron chi connectivity index (χ2n) is 6.30. The number of alkyl halides is 3. The number of ether oxygens (including phenoxy) is 1. The van der Waals surface area contributed by atoms with Crippen molar-refractivity contribution < 1.29 is 27.5 Å². The van der Waals surface area contributed by atoms with E-state index in [0.29, 0.717) is 31.5 Å². The molecule has 1 aromatic rings. The quantitative estimate of drug-likeness (QED) is 0.835. The minimum atomic E-state index is -4.40. The van der Waals surface area contributed by atoms with Gasteiger partial charge in [0.25, 0.3) is 0 Å². The van der Waals surface area contributed by atoms with E-state index >= 15 is 0 Å². The molecule has 0 aliphatic carbocycles. The number of hydrogen-bond acceptors (Lipinski definition) is 3. The maximum Gasteiger partial charge on any atom is 0.422 e. The summed E-state index contributed by atoms with van der Waals surface area (Å²) in [7, 11) is 0. The Kier molecular flexibility index (Phi) is 6.88. The fourth-order valence-electron chi connectivity index (χ4n) is 2.89. The average Bonchev–Trinajstić information content (AvgIpc) is 2.63. The molecule has 1 unspecified atom stereocenters. The highest BCUT2D eigenvalue weighted by Crippen LogP contribution is 2.20. The smallest absolute Gasteiger partial charge is 0.422 e. The van der Waals surface area contributed by atoms with E-state index in [1.54, 1.807) is 24.0 Å². The van der Waals surface area contributed by atoms with E-state index in [4.69, 9.17) is 4.74 Å². The van der Waals surface area contributed by atoms with Gasteiger partial charge in [0.15, 0.2) is 6.61 Å². The fourth-order valence-corrected chi connectivity index (χ4v) is 2.89. The molecular formula is C18H23F3N2O3. The Morgan fingerprint density at radius 3 is 2.81 bits per heavy atom. The molecule has 1 aromatic carbocycles. The van der Waals surface area contributed by atoms with Gasteiger partial charge >= 0.3 is 6.18 Å². The number of nitrogens with zero attached hydrogens (tertiary/aromatic N) is 1. The molecule has 144 valence electrons. The van der Waals surface area contributed by atoms with Gasteiger partial charge in [-0.25, -0.2) is 0 Å². The van der Waals surface area contributed by atoms with Gasteiger partial charge in [-0.1, -0.05) is 19.1 Å². The van der Waals surface area contributed by atoms with Gasteiger partial charge in [0.2, 0.25) is 11.8 Å². The molecule has 1 fully saturated rings. The summed E-state index contributed by atoms with van der Waals surface area (Å²) < 4.78 is 41.3. The van der Waals surface area contributed by atoms with E-state index in [-0.39, 0.29) is 30.0 Å². The molecular weight excluding hydrogens is 349 g/mol. The zero-order valence-corrected chi connectivity index (χ0v) is 14.6. The van der Waals surface area contributed by atoms with E-state index in [2.05, 4.69) is 5.32 Å². The molecule has 8 heteroatoms. The fraction of sp³-hybridized carbons (Fsp3) is 0.556. The van der Waals surface area contributed by atoms with Crippen molar-refractivity contribution in [1.82, 2.24) is 10.2 Å². The molecule has 5 nitrogen and oxygen atoms in total. The van der Waals surface area contributed by atoms with E-state index in [1.807, 2.05) is 0 Å². The molecule has 2 rings (SSSR count). The van der Waals surface area contributed by atoms with Gasteiger partial charge in [0, 0.05) is 26.1 Å². The molecule has 1 heterocycles. The van der Waals surface area contributed by atoms with Gasteiger partial charge in [0.1, 0.15) is 5.75 Å².